The fourth-order valence-corrected chi connectivity index (χ4v) is 0.867. The zero-order chi connectivity index (χ0) is 13.0. The van der Waals surface area contributed by atoms with Gasteiger partial charge < -0.3 is 15.2 Å². The molecule has 0 saturated heterocycles. The van der Waals surface area contributed by atoms with Gasteiger partial charge in [-0.05, 0) is 6.92 Å². The van der Waals surface area contributed by atoms with Gasteiger partial charge in [0.05, 0.1) is 6.33 Å². The predicted octanol–water partition coefficient (Wildman–Crippen LogP) is -1.61. The molecule has 9 heteroatoms. The van der Waals surface area contributed by atoms with Crippen molar-refractivity contribution in [3.63, 3.8) is 0 Å². The van der Waals surface area contributed by atoms with E-state index in [1.807, 2.05) is 0 Å². The predicted molar refractivity (Wildman–Crippen MR) is 56.7 cm³/mol. The van der Waals surface area contributed by atoms with Gasteiger partial charge in [-0.25, -0.2) is 14.6 Å². The first-order chi connectivity index (χ1) is 7.91. The number of fused-ring (bicyclic) bond motifs is 1. The van der Waals surface area contributed by atoms with Crippen molar-refractivity contribution in [1.82, 2.24) is 19.9 Å². The van der Waals surface area contributed by atoms with E-state index < -0.39 is 23.3 Å². The molecule has 0 bridgehead atoms. The van der Waals surface area contributed by atoms with E-state index in [4.69, 9.17) is 10.2 Å². The number of H-pyrrole nitrogens is 3. The molecule has 0 aromatic carbocycles. The van der Waals surface area contributed by atoms with Crippen LogP contribution in [0, 0.1) is 0 Å². The van der Waals surface area contributed by atoms with Crippen molar-refractivity contribution in [2.24, 2.45) is 0 Å². The summed E-state index contributed by atoms with van der Waals surface area (Å²) in [5, 5.41) is 15.8. The van der Waals surface area contributed by atoms with Gasteiger partial charge >= 0.3 is 11.7 Å². The van der Waals surface area contributed by atoms with E-state index in [9.17, 15) is 14.4 Å². The smallest absolute Gasteiger partial charge is 0.332 e. The van der Waals surface area contributed by atoms with Crippen molar-refractivity contribution >= 4 is 17.1 Å². The first-order valence-electron chi connectivity index (χ1n) is 4.48. The molecule has 2 rings (SSSR count). The summed E-state index contributed by atoms with van der Waals surface area (Å²) in [6, 6.07) is 0. The van der Waals surface area contributed by atoms with Gasteiger partial charge in [-0.1, -0.05) is 0 Å². The Balaban J connectivity index is 0.000000209. The highest BCUT2D eigenvalue weighted by Crippen LogP contribution is 1.92. The van der Waals surface area contributed by atoms with Crippen LogP contribution in [0.3, 0.4) is 0 Å². The molecule has 0 aliphatic carbocycles. The third-order valence-corrected chi connectivity index (χ3v) is 1.68. The highest BCUT2D eigenvalue weighted by molar-refractivity contribution is 5.71. The van der Waals surface area contributed by atoms with Crippen LogP contribution in [-0.4, -0.2) is 42.2 Å². The molecule has 1 unspecified atom stereocenters. The topological polar surface area (TPSA) is 152 Å². The number of hydrogen-bond donors (Lipinski definition) is 5. The van der Waals surface area contributed by atoms with E-state index in [2.05, 4.69) is 19.9 Å². The van der Waals surface area contributed by atoms with Crippen molar-refractivity contribution in [1.29, 1.82) is 0 Å². The van der Waals surface area contributed by atoms with E-state index in [1.165, 1.54) is 13.3 Å². The molecule has 0 fully saturated rings. The van der Waals surface area contributed by atoms with Gasteiger partial charge in [0.25, 0.3) is 5.56 Å². The Bertz CT molecular complexity index is 622. The molecular formula is C8H10N4O5. The third-order valence-electron chi connectivity index (χ3n) is 1.68. The van der Waals surface area contributed by atoms with Crippen LogP contribution in [0.15, 0.2) is 15.9 Å². The molecule has 0 spiro atoms. The lowest BCUT2D eigenvalue weighted by atomic mass is 10.4. The summed E-state index contributed by atoms with van der Waals surface area (Å²) in [4.78, 5) is 41.7. The SMILES string of the molecule is CC(O)C(=O)O.O=c1[nH]c(=O)c2[nH]cnc2[nH]1. The fraction of sp³-hybridized carbons (Fsp3) is 0.250. The number of hydrogen-bond acceptors (Lipinski definition) is 5. The van der Waals surface area contributed by atoms with E-state index >= 15 is 0 Å². The Morgan fingerprint density at radius 2 is 2.00 bits per heavy atom. The Morgan fingerprint density at radius 3 is 2.53 bits per heavy atom. The van der Waals surface area contributed by atoms with Crippen LogP contribution in [0.2, 0.25) is 0 Å². The zero-order valence-corrected chi connectivity index (χ0v) is 8.72. The average molecular weight is 242 g/mol. The zero-order valence-electron chi connectivity index (χ0n) is 8.72. The summed E-state index contributed by atoms with van der Waals surface area (Å²) < 4.78 is 0. The average Bonchev–Trinajstić information content (AvgIpc) is 2.66. The lowest BCUT2D eigenvalue weighted by Gasteiger charge is -1.89. The molecule has 5 N–H and O–H groups in total. The maximum Gasteiger partial charge on any atom is 0.332 e. The van der Waals surface area contributed by atoms with E-state index in [1.54, 1.807) is 0 Å². The number of rotatable bonds is 1. The summed E-state index contributed by atoms with van der Waals surface area (Å²) in [5.41, 5.74) is -0.445. The number of aliphatic carboxylic acids is 1. The Morgan fingerprint density at radius 1 is 1.41 bits per heavy atom. The molecule has 2 aromatic rings. The second-order valence-electron chi connectivity index (χ2n) is 3.05. The number of aromatic amines is 3. The van der Waals surface area contributed by atoms with Crippen LogP contribution < -0.4 is 11.2 Å². The molecular weight excluding hydrogens is 232 g/mol. The number of carboxylic acid groups (broad SMARTS) is 1. The van der Waals surface area contributed by atoms with Crippen molar-refractivity contribution in [3.05, 3.63) is 27.2 Å². The molecule has 0 aliphatic heterocycles. The number of aliphatic hydroxyl groups excluding tert-OH is 1. The van der Waals surface area contributed by atoms with Crippen LogP contribution in [0.4, 0.5) is 0 Å². The maximum atomic E-state index is 10.9. The molecule has 92 valence electrons. The van der Waals surface area contributed by atoms with Crippen LogP contribution in [0.1, 0.15) is 6.92 Å². The maximum absolute atomic E-state index is 10.9. The molecule has 0 radical (unpaired) electrons. The summed E-state index contributed by atoms with van der Waals surface area (Å²) in [5.74, 6) is -1.19. The molecule has 17 heavy (non-hydrogen) atoms. The molecule has 2 heterocycles. The van der Waals surface area contributed by atoms with Gasteiger partial charge in [0, 0.05) is 0 Å². The summed E-state index contributed by atoms with van der Waals surface area (Å²) in [6.07, 6.45) is 0.112. The van der Waals surface area contributed by atoms with Crippen LogP contribution in [0.5, 0.6) is 0 Å². The normalized spacial score (nSPS) is 11.6. The number of nitrogens with zero attached hydrogens (tertiary/aromatic N) is 1. The van der Waals surface area contributed by atoms with Crippen LogP contribution >= 0.6 is 0 Å². The van der Waals surface area contributed by atoms with Gasteiger partial charge in [-0.3, -0.25) is 14.8 Å². The largest absolute Gasteiger partial charge is 0.479 e. The highest BCUT2D eigenvalue weighted by atomic mass is 16.4. The minimum Gasteiger partial charge on any atom is -0.479 e. The van der Waals surface area contributed by atoms with E-state index in [0.717, 1.165) is 0 Å². The van der Waals surface area contributed by atoms with Gasteiger partial charge in [-0.2, -0.15) is 0 Å². The number of imidazole rings is 1. The quantitative estimate of drug-likeness (QED) is 0.405. The Kier molecular flexibility index (Phi) is 3.78. The monoisotopic (exact) mass is 242 g/mol. The summed E-state index contributed by atoms with van der Waals surface area (Å²) in [6.45, 7) is 1.20. The first kappa shape index (κ1) is 12.6. The lowest BCUT2D eigenvalue weighted by Crippen LogP contribution is -2.21. The first-order valence-corrected chi connectivity index (χ1v) is 4.48. The van der Waals surface area contributed by atoms with Gasteiger partial charge in [0.15, 0.2) is 5.65 Å². The van der Waals surface area contributed by atoms with Crippen molar-refractivity contribution < 1.29 is 15.0 Å². The molecule has 0 saturated carbocycles. The summed E-state index contributed by atoms with van der Waals surface area (Å²) >= 11 is 0. The number of carboxylic acids is 1. The number of aliphatic hydroxyl groups is 1. The van der Waals surface area contributed by atoms with Crippen molar-refractivity contribution in [2.45, 2.75) is 13.0 Å². The van der Waals surface area contributed by atoms with Crippen LogP contribution in [-0.2, 0) is 4.79 Å². The van der Waals surface area contributed by atoms with Gasteiger partial charge in [0.2, 0.25) is 0 Å². The Hall–Kier alpha value is -2.42. The molecule has 9 nitrogen and oxygen atoms in total. The Labute approximate surface area is 93.2 Å². The number of carbonyl (C=O) groups is 1. The lowest BCUT2D eigenvalue weighted by molar-refractivity contribution is -0.145. The second kappa shape index (κ2) is 5.07. The number of nitrogens with one attached hydrogen (secondary N) is 3. The third kappa shape index (κ3) is 3.28. The standard InChI is InChI=1S/C5H4N4O2.C3H6O3/c10-4-2-3(7-1-6-2)8-5(11)9-4;1-2(4)3(5)6/h1H,(H3,6,7,8,9,10,11);2,4H,1H3,(H,5,6). The van der Waals surface area contributed by atoms with E-state index in [-0.39, 0.29) is 11.2 Å². The van der Waals surface area contributed by atoms with E-state index in [0.29, 0.717) is 0 Å². The molecule has 0 aliphatic rings. The summed E-state index contributed by atoms with van der Waals surface area (Å²) in [7, 11) is 0. The minimum atomic E-state index is -1.23. The highest BCUT2D eigenvalue weighted by Gasteiger charge is 2.01. The van der Waals surface area contributed by atoms with Crippen molar-refractivity contribution in [3.8, 4) is 0 Å². The van der Waals surface area contributed by atoms with Gasteiger partial charge in [0.1, 0.15) is 11.6 Å². The fourth-order valence-electron chi connectivity index (χ4n) is 0.867. The molecule has 2 aromatic heterocycles. The molecule has 0 amide bonds. The molecule has 1 atom stereocenters. The second-order valence-corrected chi connectivity index (χ2v) is 3.05. The number of aromatic nitrogens is 4. The van der Waals surface area contributed by atoms with Gasteiger partial charge in [-0.15, -0.1) is 0 Å². The van der Waals surface area contributed by atoms with Crippen molar-refractivity contribution in [2.75, 3.05) is 0 Å². The van der Waals surface area contributed by atoms with Crippen LogP contribution in [0.25, 0.3) is 11.2 Å². The minimum absolute atomic E-state index is 0.277.